The molecule has 0 spiro atoms. The topological polar surface area (TPSA) is 59.6 Å². The Morgan fingerprint density at radius 3 is 2.65 bits per heavy atom. The van der Waals surface area contributed by atoms with Gasteiger partial charge >= 0.3 is 0 Å². The van der Waals surface area contributed by atoms with Crippen LogP contribution in [0.2, 0.25) is 0 Å². The van der Waals surface area contributed by atoms with Gasteiger partial charge < -0.3 is 15.8 Å². The molecular formula is C19H25N3O. The summed E-state index contributed by atoms with van der Waals surface area (Å²) in [6, 6.07) is 15.9. The number of aliphatic imine (C=N–C) groups is 1. The number of rotatable bonds is 6. The van der Waals surface area contributed by atoms with E-state index in [9.17, 15) is 0 Å². The van der Waals surface area contributed by atoms with Crippen molar-refractivity contribution >= 4 is 11.6 Å². The fourth-order valence-corrected chi connectivity index (χ4v) is 2.08. The normalized spacial score (nSPS) is 12.7. The summed E-state index contributed by atoms with van der Waals surface area (Å²) >= 11 is 0. The van der Waals surface area contributed by atoms with Gasteiger partial charge in [-0.3, -0.25) is 0 Å². The molecule has 3 N–H and O–H groups in total. The molecule has 0 aliphatic heterocycles. The van der Waals surface area contributed by atoms with Crippen LogP contribution in [-0.4, -0.2) is 12.1 Å². The van der Waals surface area contributed by atoms with Crippen LogP contribution in [0, 0.1) is 6.92 Å². The fourth-order valence-electron chi connectivity index (χ4n) is 2.08. The smallest absolute Gasteiger partial charge is 0.193 e. The average molecular weight is 311 g/mol. The van der Waals surface area contributed by atoms with Crippen molar-refractivity contribution in [1.82, 2.24) is 0 Å². The number of anilines is 1. The summed E-state index contributed by atoms with van der Waals surface area (Å²) in [5.41, 5.74) is 9.09. The highest BCUT2D eigenvalue weighted by atomic mass is 16.5. The SMILES string of the molecule is CCC(C)Oc1cc(C)ccc1CN=C(N)Nc1ccccc1. The van der Waals surface area contributed by atoms with Crippen LogP contribution in [0.5, 0.6) is 5.75 Å². The molecule has 1 atom stereocenters. The van der Waals surface area contributed by atoms with Gasteiger partial charge in [-0.05, 0) is 44.0 Å². The second-order valence-corrected chi connectivity index (χ2v) is 5.64. The zero-order valence-electron chi connectivity index (χ0n) is 14.0. The van der Waals surface area contributed by atoms with Gasteiger partial charge in [0.2, 0.25) is 0 Å². The van der Waals surface area contributed by atoms with Gasteiger partial charge in [-0.15, -0.1) is 0 Å². The molecule has 0 heterocycles. The molecule has 0 amide bonds. The van der Waals surface area contributed by atoms with Gasteiger partial charge in [0.1, 0.15) is 5.75 Å². The van der Waals surface area contributed by atoms with E-state index in [2.05, 4.69) is 43.2 Å². The molecular weight excluding hydrogens is 286 g/mol. The van der Waals surface area contributed by atoms with Crippen molar-refractivity contribution in [2.45, 2.75) is 39.8 Å². The standard InChI is InChI=1S/C19H25N3O/c1-4-15(3)23-18-12-14(2)10-11-16(18)13-21-19(20)22-17-8-6-5-7-9-17/h5-12,15H,4,13H2,1-3H3,(H3,20,21,22). The minimum absolute atomic E-state index is 0.180. The van der Waals surface area contributed by atoms with Crippen molar-refractivity contribution in [2.75, 3.05) is 5.32 Å². The average Bonchev–Trinajstić information content (AvgIpc) is 2.55. The van der Waals surface area contributed by atoms with Crippen LogP contribution in [-0.2, 0) is 6.54 Å². The van der Waals surface area contributed by atoms with Gasteiger partial charge in [0.25, 0.3) is 0 Å². The van der Waals surface area contributed by atoms with Crippen molar-refractivity contribution < 1.29 is 4.74 Å². The van der Waals surface area contributed by atoms with Crippen LogP contribution in [0.25, 0.3) is 0 Å². The van der Waals surface area contributed by atoms with E-state index >= 15 is 0 Å². The van der Waals surface area contributed by atoms with Crippen LogP contribution >= 0.6 is 0 Å². The van der Waals surface area contributed by atoms with E-state index in [0.717, 1.165) is 23.4 Å². The first-order valence-electron chi connectivity index (χ1n) is 7.96. The Bertz CT molecular complexity index is 653. The molecule has 0 bridgehead atoms. The minimum atomic E-state index is 0.180. The number of para-hydroxylation sites is 1. The lowest BCUT2D eigenvalue weighted by atomic mass is 10.1. The molecule has 2 rings (SSSR count). The van der Waals surface area contributed by atoms with Gasteiger partial charge in [-0.25, -0.2) is 4.99 Å². The number of aryl methyl sites for hydroxylation is 1. The molecule has 0 radical (unpaired) electrons. The molecule has 2 aromatic carbocycles. The lowest BCUT2D eigenvalue weighted by Crippen LogP contribution is -2.22. The monoisotopic (exact) mass is 311 g/mol. The zero-order valence-corrected chi connectivity index (χ0v) is 14.0. The summed E-state index contributed by atoms with van der Waals surface area (Å²) in [4.78, 5) is 4.42. The Morgan fingerprint density at radius 2 is 1.96 bits per heavy atom. The number of hydrogen-bond donors (Lipinski definition) is 2. The van der Waals surface area contributed by atoms with Crippen LogP contribution in [0.4, 0.5) is 5.69 Å². The maximum atomic E-state index is 6.00. The van der Waals surface area contributed by atoms with E-state index < -0.39 is 0 Å². The first-order valence-corrected chi connectivity index (χ1v) is 7.96. The van der Waals surface area contributed by atoms with Crippen LogP contribution in [0.1, 0.15) is 31.4 Å². The van der Waals surface area contributed by atoms with E-state index in [1.54, 1.807) is 0 Å². The summed E-state index contributed by atoms with van der Waals surface area (Å²) in [6.07, 6.45) is 1.15. The molecule has 4 nitrogen and oxygen atoms in total. The molecule has 122 valence electrons. The number of hydrogen-bond acceptors (Lipinski definition) is 2. The van der Waals surface area contributed by atoms with Crippen LogP contribution in [0.3, 0.4) is 0 Å². The van der Waals surface area contributed by atoms with E-state index in [4.69, 9.17) is 10.5 Å². The number of benzene rings is 2. The first kappa shape index (κ1) is 16.9. The third kappa shape index (κ3) is 5.33. The summed E-state index contributed by atoms with van der Waals surface area (Å²) in [5.74, 6) is 1.28. The maximum absolute atomic E-state index is 6.00. The quantitative estimate of drug-likeness (QED) is 0.624. The van der Waals surface area contributed by atoms with Crippen molar-refractivity contribution in [3.8, 4) is 5.75 Å². The third-order valence-corrected chi connectivity index (χ3v) is 3.59. The summed E-state index contributed by atoms with van der Waals surface area (Å²) in [5, 5.41) is 3.08. The number of ether oxygens (including phenoxy) is 1. The second kappa shape index (κ2) is 8.22. The van der Waals surface area contributed by atoms with E-state index in [1.807, 2.05) is 36.4 Å². The molecule has 0 saturated heterocycles. The Morgan fingerprint density at radius 1 is 1.22 bits per heavy atom. The Kier molecular flexibility index (Phi) is 6.03. The lowest BCUT2D eigenvalue weighted by molar-refractivity contribution is 0.215. The number of nitrogens with one attached hydrogen (secondary N) is 1. The third-order valence-electron chi connectivity index (χ3n) is 3.59. The highest BCUT2D eigenvalue weighted by Gasteiger charge is 2.07. The number of nitrogens with two attached hydrogens (primary N) is 1. The summed E-state index contributed by atoms with van der Waals surface area (Å²) < 4.78 is 6.00. The molecule has 0 aromatic heterocycles. The minimum Gasteiger partial charge on any atom is -0.490 e. The molecule has 0 aliphatic carbocycles. The number of nitrogens with zero attached hydrogens (tertiary/aromatic N) is 1. The van der Waals surface area contributed by atoms with Crippen LogP contribution < -0.4 is 15.8 Å². The zero-order chi connectivity index (χ0) is 16.7. The van der Waals surface area contributed by atoms with Gasteiger partial charge in [0.05, 0.1) is 12.6 Å². The Balaban J connectivity index is 2.08. The maximum Gasteiger partial charge on any atom is 0.193 e. The molecule has 2 aromatic rings. The van der Waals surface area contributed by atoms with Crippen molar-refractivity contribution in [3.05, 3.63) is 59.7 Å². The second-order valence-electron chi connectivity index (χ2n) is 5.64. The van der Waals surface area contributed by atoms with Crippen molar-refractivity contribution in [1.29, 1.82) is 0 Å². The molecule has 1 unspecified atom stereocenters. The van der Waals surface area contributed by atoms with Gasteiger partial charge in [0, 0.05) is 11.3 Å². The van der Waals surface area contributed by atoms with Gasteiger partial charge in [0.15, 0.2) is 5.96 Å². The highest BCUT2D eigenvalue weighted by Crippen LogP contribution is 2.23. The predicted molar refractivity (Wildman–Crippen MR) is 97.0 cm³/mol. The number of guanidine groups is 1. The van der Waals surface area contributed by atoms with Gasteiger partial charge in [-0.1, -0.05) is 37.3 Å². The molecule has 0 fully saturated rings. The summed E-state index contributed by atoms with van der Waals surface area (Å²) in [6.45, 7) is 6.72. The van der Waals surface area contributed by atoms with Crippen molar-refractivity contribution in [3.63, 3.8) is 0 Å². The molecule has 23 heavy (non-hydrogen) atoms. The van der Waals surface area contributed by atoms with E-state index in [0.29, 0.717) is 12.5 Å². The van der Waals surface area contributed by atoms with E-state index in [1.165, 1.54) is 5.56 Å². The molecule has 4 heteroatoms. The highest BCUT2D eigenvalue weighted by molar-refractivity contribution is 5.92. The van der Waals surface area contributed by atoms with Crippen molar-refractivity contribution in [2.24, 2.45) is 10.7 Å². The molecule has 0 saturated carbocycles. The molecule has 0 aliphatic rings. The lowest BCUT2D eigenvalue weighted by Gasteiger charge is -2.16. The summed E-state index contributed by atoms with van der Waals surface area (Å²) in [7, 11) is 0. The predicted octanol–water partition coefficient (Wildman–Crippen LogP) is 4.10. The Labute approximate surface area is 138 Å². The largest absolute Gasteiger partial charge is 0.490 e. The van der Waals surface area contributed by atoms with E-state index in [-0.39, 0.29) is 6.10 Å². The fraction of sp³-hybridized carbons (Fsp3) is 0.316. The van der Waals surface area contributed by atoms with Crippen LogP contribution in [0.15, 0.2) is 53.5 Å². The van der Waals surface area contributed by atoms with Gasteiger partial charge in [-0.2, -0.15) is 0 Å². The first-order chi connectivity index (χ1) is 11.1. The Hall–Kier alpha value is -2.49.